The lowest BCUT2D eigenvalue weighted by Crippen LogP contribution is -2.34. The van der Waals surface area contributed by atoms with E-state index < -0.39 is 10.2 Å². The van der Waals surface area contributed by atoms with Gasteiger partial charge in [0.2, 0.25) is 0 Å². The molecule has 3 N–H and O–H groups in total. The van der Waals surface area contributed by atoms with Crippen molar-refractivity contribution < 1.29 is 8.42 Å². The van der Waals surface area contributed by atoms with Gasteiger partial charge in [-0.1, -0.05) is 11.6 Å². The number of nitrogens with two attached hydrogens (primary N) is 1. The van der Waals surface area contributed by atoms with Crippen molar-refractivity contribution in [3.05, 3.63) is 23.4 Å². The van der Waals surface area contributed by atoms with E-state index in [9.17, 15) is 8.42 Å². The third-order valence-electron chi connectivity index (χ3n) is 2.07. The Bertz CT molecular complexity index is 466. The molecule has 96 valence electrons. The molecule has 0 spiro atoms. The van der Waals surface area contributed by atoms with Crippen LogP contribution in [-0.2, 0) is 10.2 Å². The Morgan fingerprint density at radius 2 is 2.29 bits per heavy atom. The molecule has 1 aromatic rings. The van der Waals surface area contributed by atoms with E-state index in [1.54, 1.807) is 12.1 Å². The molecule has 17 heavy (non-hydrogen) atoms. The molecule has 6 nitrogen and oxygen atoms in total. The van der Waals surface area contributed by atoms with Crippen LogP contribution in [0.15, 0.2) is 18.3 Å². The SMILES string of the molecule is CN(CCCN)S(=O)(=O)Nc1ncccc1Cl. The molecule has 1 heterocycles. The molecule has 0 unspecified atom stereocenters. The first kappa shape index (κ1) is 14.2. The summed E-state index contributed by atoms with van der Waals surface area (Å²) in [5, 5.41) is 0.253. The van der Waals surface area contributed by atoms with Crippen molar-refractivity contribution in [2.75, 3.05) is 24.9 Å². The Balaban J connectivity index is 2.76. The minimum atomic E-state index is -3.63. The van der Waals surface area contributed by atoms with E-state index in [2.05, 4.69) is 9.71 Å². The Morgan fingerprint density at radius 3 is 2.88 bits per heavy atom. The molecule has 0 saturated carbocycles. The van der Waals surface area contributed by atoms with Crippen molar-refractivity contribution >= 4 is 27.6 Å². The van der Waals surface area contributed by atoms with Gasteiger partial charge in [-0.3, -0.25) is 4.72 Å². The van der Waals surface area contributed by atoms with Crippen LogP contribution in [0.25, 0.3) is 0 Å². The molecule has 0 radical (unpaired) electrons. The van der Waals surface area contributed by atoms with Gasteiger partial charge in [-0.2, -0.15) is 12.7 Å². The van der Waals surface area contributed by atoms with Crippen molar-refractivity contribution in [3.63, 3.8) is 0 Å². The zero-order valence-corrected chi connectivity index (χ0v) is 11.0. The number of halogens is 1. The van der Waals surface area contributed by atoms with E-state index in [0.717, 1.165) is 0 Å². The maximum Gasteiger partial charge on any atom is 0.302 e. The zero-order valence-electron chi connectivity index (χ0n) is 9.43. The highest BCUT2D eigenvalue weighted by atomic mass is 35.5. The summed E-state index contributed by atoms with van der Waals surface area (Å²) < 4.78 is 27.1. The third kappa shape index (κ3) is 4.12. The molecule has 0 amide bonds. The fraction of sp³-hybridized carbons (Fsp3) is 0.444. The minimum absolute atomic E-state index is 0.119. The van der Waals surface area contributed by atoms with E-state index >= 15 is 0 Å². The normalized spacial score (nSPS) is 11.8. The van der Waals surface area contributed by atoms with Crippen molar-refractivity contribution in [2.45, 2.75) is 6.42 Å². The summed E-state index contributed by atoms with van der Waals surface area (Å²) in [6.45, 7) is 0.778. The van der Waals surface area contributed by atoms with E-state index in [1.807, 2.05) is 0 Å². The highest BCUT2D eigenvalue weighted by Gasteiger charge is 2.18. The molecule has 0 bridgehead atoms. The molecule has 0 atom stereocenters. The van der Waals surface area contributed by atoms with Crippen LogP contribution in [0.2, 0.25) is 5.02 Å². The summed E-state index contributed by atoms with van der Waals surface area (Å²) in [7, 11) is -2.16. The van der Waals surface area contributed by atoms with Gasteiger partial charge in [0.15, 0.2) is 5.82 Å². The maximum atomic E-state index is 11.8. The van der Waals surface area contributed by atoms with Crippen LogP contribution < -0.4 is 10.5 Å². The molecule has 0 fully saturated rings. The fourth-order valence-corrected chi connectivity index (χ4v) is 2.25. The van der Waals surface area contributed by atoms with Gasteiger partial charge in [0.05, 0.1) is 5.02 Å². The summed E-state index contributed by atoms with van der Waals surface area (Å²) in [6.07, 6.45) is 2.05. The molecule has 0 aliphatic rings. The Labute approximate surface area is 106 Å². The third-order valence-corrected chi connectivity index (χ3v) is 3.83. The highest BCUT2D eigenvalue weighted by molar-refractivity contribution is 7.90. The number of rotatable bonds is 6. The predicted octanol–water partition coefficient (Wildman–Crippen LogP) is 0.672. The molecule has 0 aliphatic carbocycles. The van der Waals surface area contributed by atoms with Crippen molar-refractivity contribution in [2.24, 2.45) is 5.73 Å². The lowest BCUT2D eigenvalue weighted by atomic mass is 10.4. The van der Waals surface area contributed by atoms with Gasteiger partial charge < -0.3 is 5.73 Å². The Hall–Kier alpha value is -0.890. The number of nitrogens with one attached hydrogen (secondary N) is 1. The second-order valence-corrected chi connectivity index (χ2v) is 5.59. The smallest absolute Gasteiger partial charge is 0.302 e. The second kappa shape index (κ2) is 6.15. The maximum absolute atomic E-state index is 11.8. The van der Waals surface area contributed by atoms with Gasteiger partial charge >= 0.3 is 10.2 Å². The fourth-order valence-electron chi connectivity index (χ4n) is 1.10. The lowest BCUT2D eigenvalue weighted by Gasteiger charge is -2.17. The minimum Gasteiger partial charge on any atom is -0.330 e. The van der Waals surface area contributed by atoms with Crippen LogP contribution in [0.1, 0.15) is 6.42 Å². The van der Waals surface area contributed by atoms with E-state index in [0.29, 0.717) is 19.5 Å². The van der Waals surface area contributed by atoms with Crippen molar-refractivity contribution in [1.82, 2.24) is 9.29 Å². The Kier molecular flexibility index (Phi) is 5.13. The average molecular weight is 279 g/mol. The summed E-state index contributed by atoms with van der Waals surface area (Å²) in [5.41, 5.74) is 5.32. The van der Waals surface area contributed by atoms with Gasteiger partial charge in [-0.15, -0.1) is 0 Å². The first-order valence-electron chi connectivity index (χ1n) is 5.02. The molecule has 8 heteroatoms. The molecular formula is C9H15ClN4O2S. The number of hydrogen-bond donors (Lipinski definition) is 2. The van der Waals surface area contributed by atoms with Crippen molar-refractivity contribution in [3.8, 4) is 0 Å². The second-order valence-electron chi connectivity index (χ2n) is 3.40. The summed E-state index contributed by atoms with van der Waals surface area (Å²) in [6, 6.07) is 3.19. The molecule has 0 aromatic carbocycles. The molecule has 0 saturated heterocycles. The van der Waals surface area contributed by atoms with Gasteiger partial charge in [0, 0.05) is 19.8 Å². The Morgan fingerprint density at radius 1 is 1.59 bits per heavy atom. The molecule has 0 aliphatic heterocycles. The average Bonchev–Trinajstić information content (AvgIpc) is 2.28. The summed E-state index contributed by atoms with van der Waals surface area (Å²) >= 11 is 5.81. The van der Waals surface area contributed by atoms with Gasteiger partial charge in [-0.05, 0) is 25.1 Å². The summed E-state index contributed by atoms with van der Waals surface area (Å²) in [5.74, 6) is 0.119. The largest absolute Gasteiger partial charge is 0.330 e. The lowest BCUT2D eigenvalue weighted by molar-refractivity contribution is 0.468. The van der Waals surface area contributed by atoms with E-state index in [4.69, 9.17) is 17.3 Å². The quantitative estimate of drug-likeness (QED) is 0.801. The standard InChI is InChI=1S/C9H15ClN4O2S/c1-14(7-3-5-11)17(15,16)13-9-8(10)4-2-6-12-9/h2,4,6H,3,5,7,11H2,1H3,(H,12,13). The van der Waals surface area contributed by atoms with E-state index in [-0.39, 0.29) is 10.8 Å². The molecular weight excluding hydrogens is 264 g/mol. The van der Waals surface area contributed by atoms with Crippen molar-refractivity contribution in [1.29, 1.82) is 0 Å². The van der Waals surface area contributed by atoms with Crippen LogP contribution >= 0.6 is 11.6 Å². The zero-order chi connectivity index (χ0) is 12.9. The van der Waals surface area contributed by atoms with Crippen LogP contribution in [0.5, 0.6) is 0 Å². The monoisotopic (exact) mass is 278 g/mol. The topological polar surface area (TPSA) is 88.3 Å². The van der Waals surface area contributed by atoms with Gasteiger partial charge in [-0.25, -0.2) is 4.98 Å². The van der Waals surface area contributed by atoms with Gasteiger partial charge in [0.1, 0.15) is 0 Å². The van der Waals surface area contributed by atoms with Gasteiger partial charge in [0.25, 0.3) is 0 Å². The van der Waals surface area contributed by atoms with Crippen LogP contribution in [0.4, 0.5) is 5.82 Å². The number of anilines is 1. The highest BCUT2D eigenvalue weighted by Crippen LogP contribution is 2.19. The number of hydrogen-bond acceptors (Lipinski definition) is 4. The number of aromatic nitrogens is 1. The summed E-state index contributed by atoms with van der Waals surface area (Å²) in [4.78, 5) is 3.85. The van der Waals surface area contributed by atoms with Crippen LogP contribution in [0.3, 0.4) is 0 Å². The number of pyridine rings is 1. The first-order chi connectivity index (χ1) is 7.97. The van der Waals surface area contributed by atoms with Crippen LogP contribution in [0, 0.1) is 0 Å². The molecule has 1 aromatic heterocycles. The van der Waals surface area contributed by atoms with Crippen LogP contribution in [-0.4, -0.2) is 37.8 Å². The predicted molar refractivity (Wildman–Crippen MR) is 68.1 cm³/mol. The number of nitrogens with zero attached hydrogens (tertiary/aromatic N) is 2. The molecule has 1 rings (SSSR count). The van der Waals surface area contributed by atoms with E-state index in [1.165, 1.54) is 17.5 Å². The first-order valence-corrected chi connectivity index (χ1v) is 6.84.